The second-order valence-electron chi connectivity index (χ2n) is 6.52. The van der Waals surface area contributed by atoms with Crippen LogP contribution in [0.3, 0.4) is 0 Å². The molecule has 29 heavy (non-hydrogen) atoms. The highest BCUT2D eigenvalue weighted by molar-refractivity contribution is 5.90. The van der Waals surface area contributed by atoms with Gasteiger partial charge in [0.05, 0.1) is 23.0 Å². The summed E-state index contributed by atoms with van der Waals surface area (Å²) in [7, 11) is 0. The van der Waals surface area contributed by atoms with Crippen molar-refractivity contribution in [1.29, 1.82) is 0 Å². The van der Waals surface area contributed by atoms with E-state index in [2.05, 4.69) is 22.4 Å². The van der Waals surface area contributed by atoms with Gasteiger partial charge < -0.3 is 10.1 Å². The summed E-state index contributed by atoms with van der Waals surface area (Å²) in [4.78, 5) is 22.8. The number of anilines is 1. The van der Waals surface area contributed by atoms with Crippen molar-refractivity contribution in [2.24, 2.45) is 0 Å². The maximum absolute atomic E-state index is 12.3. The van der Waals surface area contributed by atoms with Crippen molar-refractivity contribution in [3.63, 3.8) is 0 Å². The molecule has 10 heteroatoms. The molecule has 0 fully saturated rings. The number of ether oxygens (including phenoxy) is 1. The summed E-state index contributed by atoms with van der Waals surface area (Å²) in [5.41, 5.74) is 2.26. The molecule has 0 aliphatic rings. The highest BCUT2D eigenvalue weighted by Crippen LogP contribution is 2.21. The number of hydrogen-bond acceptors (Lipinski definition) is 6. The lowest BCUT2D eigenvalue weighted by Crippen LogP contribution is -2.20. The van der Waals surface area contributed by atoms with Gasteiger partial charge in [0.15, 0.2) is 6.73 Å². The minimum absolute atomic E-state index is 0.0743. The number of rotatable bonds is 8. The third kappa shape index (κ3) is 4.78. The second-order valence-corrected chi connectivity index (χ2v) is 6.52. The van der Waals surface area contributed by atoms with Crippen molar-refractivity contribution in [2.75, 3.05) is 5.32 Å². The molecule has 0 unspecified atom stereocenters. The Morgan fingerprint density at radius 3 is 2.62 bits per heavy atom. The van der Waals surface area contributed by atoms with Crippen molar-refractivity contribution >= 4 is 17.3 Å². The van der Waals surface area contributed by atoms with Gasteiger partial charge in [-0.2, -0.15) is 10.2 Å². The van der Waals surface area contributed by atoms with Crippen LogP contribution in [0.25, 0.3) is 0 Å². The first-order valence-corrected chi connectivity index (χ1v) is 9.09. The van der Waals surface area contributed by atoms with Gasteiger partial charge in [-0.3, -0.25) is 19.6 Å². The predicted molar refractivity (Wildman–Crippen MR) is 106 cm³/mol. The van der Waals surface area contributed by atoms with Crippen LogP contribution in [0.1, 0.15) is 23.9 Å². The largest absolute Gasteiger partial charge is 0.471 e. The zero-order valence-electron chi connectivity index (χ0n) is 16.5. The number of aryl methyl sites for hydroxylation is 2. The van der Waals surface area contributed by atoms with E-state index in [9.17, 15) is 14.9 Å². The van der Waals surface area contributed by atoms with Crippen LogP contribution in [-0.4, -0.2) is 30.4 Å². The van der Waals surface area contributed by atoms with E-state index < -0.39 is 4.92 Å². The number of nitro groups is 1. The summed E-state index contributed by atoms with van der Waals surface area (Å²) in [5.74, 6) is 0.371. The highest BCUT2D eigenvalue weighted by atomic mass is 16.6. The molecule has 1 N–H and O–H groups in total. The monoisotopic (exact) mass is 398 g/mol. The van der Waals surface area contributed by atoms with E-state index in [-0.39, 0.29) is 30.6 Å². The zero-order chi connectivity index (χ0) is 21.0. The predicted octanol–water partition coefficient (Wildman–Crippen LogP) is 2.84. The summed E-state index contributed by atoms with van der Waals surface area (Å²) in [6.07, 6.45) is 4.11. The number of aromatic nitrogens is 4. The van der Waals surface area contributed by atoms with Gasteiger partial charge in [-0.25, -0.2) is 4.68 Å². The van der Waals surface area contributed by atoms with Crippen LogP contribution in [0.15, 0.2) is 36.7 Å². The van der Waals surface area contributed by atoms with Gasteiger partial charge in [-0.05, 0) is 38.0 Å². The molecule has 2 aromatic heterocycles. The first kappa shape index (κ1) is 20.1. The van der Waals surface area contributed by atoms with Gasteiger partial charge >= 0.3 is 5.69 Å². The molecule has 0 saturated carbocycles. The lowest BCUT2D eigenvalue weighted by molar-refractivity contribution is -0.386. The molecule has 0 aliphatic carbocycles. The normalized spacial score (nSPS) is 10.7. The molecule has 1 aromatic carbocycles. The first-order chi connectivity index (χ1) is 13.9. The van der Waals surface area contributed by atoms with E-state index in [1.807, 2.05) is 24.3 Å². The fourth-order valence-electron chi connectivity index (χ4n) is 2.90. The molecule has 0 radical (unpaired) electrons. The van der Waals surface area contributed by atoms with Crippen molar-refractivity contribution in [2.45, 2.75) is 40.5 Å². The Hall–Kier alpha value is -3.69. The molecule has 0 aliphatic heterocycles. The van der Waals surface area contributed by atoms with Crippen molar-refractivity contribution in [3.05, 3.63) is 63.7 Å². The minimum Gasteiger partial charge on any atom is -0.471 e. The number of amides is 1. The molecule has 3 aromatic rings. The maximum Gasteiger partial charge on any atom is 0.312 e. The van der Waals surface area contributed by atoms with Crippen molar-refractivity contribution in [3.8, 4) is 5.75 Å². The van der Waals surface area contributed by atoms with Gasteiger partial charge in [0, 0.05) is 0 Å². The Morgan fingerprint density at radius 2 is 2.00 bits per heavy atom. The molecule has 0 spiro atoms. The number of nitrogens with zero attached hydrogens (tertiary/aromatic N) is 5. The standard InChI is InChI=1S/C19H22N6O4/c1-4-15-5-7-17(8-6-15)29-12-23-10-16(9-20-23)21-18(26)11-24-14(3)19(25(27)28)13(2)22-24/h5-10H,4,11-12H2,1-3H3,(H,21,26). The van der Waals surface area contributed by atoms with Gasteiger partial charge in [0.2, 0.25) is 5.91 Å². The molecular weight excluding hydrogens is 376 g/mol. The van der Waals surface area contributed by atoms with E-state index in [1.165, 1.54) is 16.4 Å². The van der Waals surface area contributed by atoms with Crippen LogP contribution in [-0.2, 0) is 24.5 Å². The van der Waals surface area contributed by atoms with E-state index in [0.717, 1.165) is 12.2 Å². The smallest absolute Gasteiger partial charge is 0.312 e. The molecular formula is C19H22N6O4. The van der Waals surface area contributed by atoms with Gasteiger partial charge in [0.1, 0.15) is 23.7 Å². The molecule has 0 saturated heterocycles. The maximum atomic E-state index is 12.3. The summed E-state index contributed by atoms with van der Waals surface area (Å²) < 4.78 is 8.54. The minimum atomic E-state index is -0.494. The average Bonchev–Trinajstić information content (AvgIpc) is 3.24. The number of nitrogens with one attached hydrogen (secondary N) is 1. The molecule has 3 rings (SSSR count). The van der Waals surface area contributed by atoms with Crippen LogP contribution in [0.4, 0.5) is 11.4 Å². The van der Waals surface area contributed by atoms with Gasteiger partial charge in [0.25, 0.3) is 0 Å². The third-order valence-electron chi connectivity index (χ3n) is 4.43. The molecule has 152 valence electrons. The van der Waals surface area contributed by atoms with Crippen LogP contribution < -0.4 is 10.1 Å². The van der Waals surface area contributed by atoms with E-state index in [4.69, 9.17) is 4.74 Å². The zero-order valence-corrected chi connectivity index (χ0v) is 16.5. The summed E-state index contributed by atoms with van der Waals surface area (Å²) in [5, 5.41) is 22.0. The summed E-state index contributed by atoms with van der Waals surface area (Å²) in [6, 6.07) is 7.82. The molecule has 2 heterocycles. The molecule has 0 atom stereocenters. The highest BCUT2D eigenvalue weighted by Gasteiger charge is 2.22. The Morgan fingerprint density at radius 1 is 1.28 bits per heavy atom. The molecule has 10 nitrogen and oxygen atoms in total. The Kier molecular flexibility index (Phi) is 5.91. The molecule has 0 bridgehead atoms. The lowest BCUT2D eigenvalue weighted by atomic mass is 10.2. The SMILES string of the molecule is CCc1ccc(OCn2cc(NC(=O)Cn3nc(C)c([N+](=O)[O-])c3C)cn2)cc1. The topological polar surface area (TPSA) is 117 Å². The van der Waals surface area contributed by atoms with Gasteiger partial charge in [-0.15, -0.1) is 0 Å². The number of carbonyl (C=O) groups is 1. The van der Waals surface area contributed by atoms with Gasteiger partial charge in [-0.1, -0.05) is 19.1 Å². The van der Waals surface area contributed by atoms with Crippen molar-refractivity contribution < 1.29 is 14.5 Å². The van der Waals surface area contributed by atoms with Crippen LogP contribution in [0.5, 0.6) is 5.75 Å². The van der Waals surface area contributed by atoms with E-state index in [0.29, 0.717) is 11.4 Å². The quantitative estimate of drug-likeness (QED) is 0.461. The Balaban J connectivity index is 1.56. The van der Waals surface area contributed by atoms with Crippen LogP contribution >= 0.6 is 0 Å². The number of carbonyl (C=O) groups excluding carboxylic acids is 1. The fourth-order valence-corrected chi connectivity index (χ4v) is 2.90. The Labute approximate surface area is 167 Å². The summed E-state index contributed by atoms with van der Waals surface area (Å²) >= 11 is 0. The first-order valence-electron chi connectivity index (χ1n) is 9.09. The van der Waals surface area contributed by atoms with Crippen molar-refractivity contribution in [1.82, 2.24) is 19.6 Å². The summed E-state index contributed by atoms with van der Waals surface area (Å²) in [6.45, 7) is 5.26. The third-order valence-corrected chi connectivity index (χ3v) is 4.43. The van der Waals surface area contributed by atoms with Crippen LogP contribution in [0, 0.1) is 24.0 Å². The number of hydrogen-bond donors (Lipinski definition) is 1. The lowest BCUT2D eigenvalue weighted by Gasteiger charge is -2.07. The van der Waals surface area contributed by atoms with E-state index >= 15 is 0 Å². The average molecular weight is 398 g/mol. The molecule has 1 amide bonds. The van der Waals surface area contributed by atoms with Crippen LogP contribution in [0.2, 0.25) is 0 Å². The van der Waals surface area contributed by atoms with E-state index in [1.54, 1.807) is 24.7 Å². The second kappa shape index (κ2) is 8.55. The fraction of sp³-hybridized carbons (Fsp3) is 0.316. The Bertz CT molecular complexity index is 1020. The number of benzene rings is 1.